The Morgan fingerprint density at radius 2 is 1.19 bits per heavy atom. The second-order valence-electron chi connectivity index (χ2n) is 3.85. The molecule has 0 bridgehead atoms. The third-order valence-corrected chi connectivity index (χ3v) is 3.82. The highest BCUT2D eigenvalue weighted by Crippen LogP contribution is 2.62. The molecular weight excluding hydrogens is 337 g/mol. The minimum atomic E-state index is -6.60. The van der Waals surface area contributed by atoms with Gasteiger partial charge in [0.25, 0.3) is 0 Å². The topological polar surface area (TPSA) is 26.0 Å². The van der Waals surface area contributed by atoms with E-state index in [4.69, 9.17) is 5.73 Å². The maximum absolute atomic E-state index is 12.7. The number of hydrogen-bond donors (Lipinski definition) is 1. The second kappa shape index (κ2) is 5.18. The molecule has 0 aliphatic carbocycles. The van der Waals surface area contributed by atoms with Gasteiger partial charge >= 0.3 is 23.3 Å². The maximum atomic E-state index is 12.7. The monoisotopic (exact) mass is 343 g/mol. The average Bonchev–Trinajstić information content (AvgIpc) is 2.20. The van der Waals surface area contributed by atoms with E-state index in [0.29, 0.717) is 12.1 Å². The fourth-order valence-corrected chi connectivity index (χ4v) is 2.45. The summed E-state index contributed by atoms with van der Waals surface area (Å²) in [7, 11) is 0. The molecule has 21 heavy (non-hydrogen) atoms. The molecule has 0 aromatic heterocycles. The molecular formula is C10H6F9NS. The first-order chi connectivity index (χ1) is 9.22. The van der Waals surface area contributed by atoms with E-state index in [1.165, 1.54) is 0 Å². The second-order valence-corrected chi connectivity index (χ2v) is 5.14. The Labute approximate surface area is 116 Å². The average molecular weight is 343 g/mol. The number of rotatable bonds is 2. The van der Waals surface area contributed by atoms with Gasteiger partial charge < -0.3 is 5.73 Å². The number of anilines is 1. The SMILES string of the molecule is Nc1cccc(SC(C(F)(F)F)(C(F)(F)F)C(F)(F)F)c1. The van der Waals surface area contributed by atoms with E-state index in [2.05, 4.69) is 0 Å². The van der Waals surface area contributed by atoms with Crippen LogP contribution in [-0.4, -0.2) is 23.3 Å². The first-order valence-corrected chi connectivity index (χ1v) is 5.79. The summed E-state index contributed by atoms with van der Waals surface area (Å²) in [5.41, 5.74) is 4.88. The quantitative estimate of drug-likeness (QED) is 0.475. The number of nitrogens with two attached hydrogens (primary N) is 1. The van der Waals surface area contributed by atoms with Gasteiger partial charge in [0.15, 0.2) is 0 Å². The third kappa shape index (κ3) is 3.16. The Morgan fingerprint density at radius 1 is 0.762 bits per heavy atom. The van der Waals surface area contributed by atoms with Gasteiger partial charge in [-0.05, 0) is 18.2 Å². The van der Waals surface area contributed by atoms with Gasteiger partial charge in [-0.25, -0.2) is 0 Å². The smallest absolute Gasteiger partial charge is 0.399 e. The molecule has 0 aliphatic heterocycles. The van der Waals surface area contributed by atoms with Crippen LogP contribution in [0.4, 0.5) is 45.2 Å². The summed E-state index contributed by atoms with van der Waals surface area (Å²) < 4.78 is 108. The van der Waals surface area contributed by atoms with Crippen molar-refractivity contribution < 1.29 is 39.5 Å². The van der Waals surface area contributed by atoms with Crippen molar-refractivity contribution >= 4 is 17.4 Å². The lowest BCUT2D eigenvalue weighted by Gasteiger charge is -2.37. The predicted molar refractivity (Wildman–Crippen MR) is 57.6 cm³/mol. The molecule has 120 valence electrons. The molecule has 0 heterocycles. The van der Waals surface area contributed by atoms with E-state index in [1.807, 2.05) is 0 Å². The van der Waals surface area contributed by atoms with Crippen molar-refractivity contribution in [2.75, 3.05) is 5.73 Å². The molecule has 0 aliphatic rings. The van der Waals surface area contributed by atoms with Crippen molar-refractivity contribution in [3.63, 3.8) is 0 Å². The highest BCUT2D eigenvalue weighted by atomic mass is 32.2. The molecule has 0 saturated heterocycles. The van der Waals surface area contributed by atoms with E-state index >= 15 is 0 Å². The number of alkyl halides is 9. The van der Waals surface area contributed by atoms with Crippen molar-refractivity contribution in [3.05, 3.63) is 24.3 Å². The summed E-state index contributed by atoms with van der Waals surface area (Å²) >= 11 is -1.38. The van der Waals surface area contributed by atoms with E-state index in [-0.39, 0.29) is 5.69 Å². The van der Waals surface area contributed by atoms with Crippen molar-refractivity contribution in [2.45, 2.75) is 28.2 Å². The predicted octanol–water partition coefficient (Wildman–Crippen LogP) is 4.79. The van der Waals surface area contributed by atoms with Gasteiger partial charge in [-0.3, -0.25) is 0 Å². The minimum absolute atomic E-state index is 0.263. The van der Waals surface area contributed by atoms with Crippen LogP contribution in [-0.2, 0) is 0 Å². The van der Waals surface area contributed by atoms with Gasteiger partial charge in [0.05, 0.1) is 0 Å². The van der Waals surface area contributed by atoms with Gasteiger partial charge in [0.1, 0.15) is 0 Å². The summed E-state index contributed by atoms with van der Waals surface area (Å²) in [4.78, 5) is -0.901. The van der Waals surface area contributed by atoms with E-state index in [9.17, 15) is 39.5 Å². The van der Waals surface area contributed by atoms with Crippen molar-refractivity contribution in [3.8, 4) is 0 Å². The Bertz CT molecular complexity index is 466. The Kier molecular flexibility index (Phi) is 4.39. The fourth-order valence-electron chi connectivity index (χ4n) is 1.41. The van der Waals surface area contributed by atoms with Crippen molar-refractivity contribution in [1.82, 2.24) is 0 Å². The molecule has 1 aromatic rings. The van der Waals surface area contributed by atoms with E-state index in [1.54, 1.807) is 0 Å². The number of hydrogen-bond acceptors (Lipinski definition) is 2. The lowest BCUT2D eigenvalue weighted by molar-refractivity contribution is -0.345. The standard InChI is InChI=1S/C10H6F9NS/c11-8(12,13)7(9(14,15)16,10(17,18)19)21-6-3-1-2-5(20)4-6/h1-4H,20H2. The maximum Gasteiger partial charge on any atom is 0.421 e. The normalized spacial score (nSPS) is 14.3. The summed E-state index contributed by atoms with van der Waals surface area (Å²) in [6.07, 6.45) is -19.8. The molecule has 0 radical (unpaired) electrons. The number of benzene rings is 1. The summed E-state index contributed by atoms with van der Waals surface area (Å²) in [5, 5.41) is 0. The van der Waals surface area contributed by atoms with Crippen molar-refractivity contribution in [1.29, 1.82) is 0 Å². The summed E-state index contributed by atoms with van der Waals surface area (Å²) in [5.74, 6) is 0. The first-order valence-electron chi connectivity index (χ1n) is 4.97. The molecule has 0 atom stereocenters. The third-order valence-electron chi connectivity index (χ3n) is 2.33. The van der Waals surface area contributed by atoms with Gasteiger partial charge in [0.2, 0.25) is 0 Å². The largest absolute Gasteiger partial charge is 0.421 e. The number of nitrogen functional groups attached to an aromatic ring is 1. The molecule has 11 heteroatoms. The molecule has 2 N–H and O–H groups in total. The zero-order valence-electron chi connectivity index (χ0n) is 9.70. The van der Waals surface area contributed by atoms with Crippen LogP contribution < -0.4 is 5.73 Å². The van der Waals surface area contributed by atoms with Gasteiger partial charge in [-0.15, -0.1) is 0 Å². The van der Waals surface area contributed by atoms with Crippen LogP contribution in [0.5, 0.6) is 0 Å². The van der Waals surface area contributed by atoms with Gasteiger partial charge in [-0.2, -0.15) is 39.5 Å². The van der Waals surface area contributed by atoms with Crippen LogP contribution in [0.1, 0.15) is 0 Å². The van der Waals surface area contributed by atoms with Crippen LogP contribution in [0.2, 0.25) is 0 Å². The van der Waals surface area contributed by atoms with Crippen molar-refractivity contribution in [2.24, 2.45) is 0 Å². The number of thioether (sulfide) groups is 1. The molecule has 1 aromatic carbocycles. The van der Waals surface area contributed by atoms with Crippen LogP contribution in [0, 0.1) is 0 Å². The Hall–Kier alpha value is -1.26. The van der Waals surface area contributed by atoms with Gasteiger partial charge in [0, 0.05) is 10.6 Å². The van der Waals surface area contributed by atoms with Crippen LogP contribution >= 0.6 is 11.8 Å². The fraction of sp³-hybridized carbons (Fsp3) is 0.400. The highest BCUT2D eigenvalue weighted by Gasteiger charge is 2.84. The molecule has 1 nitrogen and oxygen atoms in total. The number of halogens is 9. The molecule has 0 amide bonds. The molecule has 0 fully saturated rings. The molecule has 1 rings (SSSR count). The molecule has 0 unspecified atom stereocenters. The minimum Gasteiger partial charge on any atom is -0.399 e. The van der Waals surface area contributed by atoms with Crippen LogP contribution in [0.3, 0.4) is 0 Å². The highest BCUT2D eigenvalue weighted by molar-refractivity contribution is 8.01. The van der Waals surface area contributed by atoms with E-state index < -0.39 is 39.9 Å². The molecule has 0 spiro atoms. The summed E-state index contributed by atoms with van der Waals surface area (Å²) in [6, 6.07) is 3.34. The Morgan fingerprint density at radius 3 is 1.52 bits per heavy atom. The first kappa shape index (κ1) is 17.8. The lowest BCUT2D eigenvalue weighted by atomic mass is 10.1. The van der Waals surface area contributed by atoms with E-state index in [0.717, 1.165) is 12.1 Å². The zero-order valence-corrected chi connectivity index (χ0v) is 10.5. The molecule has 0 saturated carbocycles. The lowest BCUT2D eigenvalue weighted by Crippen LogP contribution is -2.63. The van der Waals surface area contributed by atoms with Crippen LogP contribution in [0.25, 0.3) is 0 Å². The zero-order chi connectivity index (χ0) is 16.7. The van der Waals surface area contributed by atoms with Crippen LogP contribution in [0.15, 0.2) is 29.2 Å². The summed E-state index contributed by atoms with van der Waals surface area (Å²) in [6.45, 7) is 0. The Balaban J connectivity index is 3.52. The van der Waals surface area contributed by atoms with Gasteiger partial charge in [-0.1, -0.05) is 17.8 Å².